The van der Waals surface area contributed by atoms with Gasteiger partial charge < -0.3 is 15.4 Å². The minimum Gasteiger partial charge on any atom is -0.486 e. The van der Waals surface area contributed by atoms with Gasteiger partial charge in [-0.15, -0.1) is 11.3 Å². The molecule has 0 unspecified atom stereocenters. The molecule has 0 spiro atoms. The fourth-order valence-electron chi connectivity index (χ4n) is 3.58. The van der Waals surface area contributed by atoms with E-state index in [0.29, 0.717) is 18.2 Å². The highest BCUT2D eigenvalue weighted by molar-refractivity contribution is 7.09. The number of hydrogen-bond donors (Lipinski definition) is 2. The maximum absolute atomic E-state index is 12.6. The van der Waals surface area contributed by atoms with Crippen molar-refractivity contribution in [1.29, 1.82) is 0 Å². The average molecular weight is 444 g/mol. The first-order valence-corrected chi connectivity index (χ1v) is 12.0. The largest absolute Gasteiger partial charge is 0.486 e. The lowest BCUT2D eigenvalue weighted by atomic mass is 9.90. The summed E-state index contributed by atoms with van der Waals surface area (Å²) in [6, 6.07) is 8.42. The van der Waals surface area contributed by atoms with Crippen LogP contribution in [0.15, 0.2) is 29.6 Å². The van der Waals surface area contributed by atoms with Gasteiger partial charge in [0, 0.05) is 23.4 Å². The van der Waals surface area contributed by atoms with Crippen LogP contribution in [0.25, 0.3) is 0 Å². The van der Waals surface area contributed by atoms with E-state index in [9.17, 15) is 9.59 Å². The summed E-state index contributed by atoms with van der Waals surface area (Å²) in [5, 5.41) is 8.73. The number of rotatable bonds is 8. The number of thiazole rings is 1. The van der Waals surface area contributed by atoms with E-state index in [2.05, 4.69) is 41.6 Å². The molecule has 2 aromatic rings. The van der Waals surface area contributed by atoms with Gasteiger partial charge in [0.15, 0.2) is 0 Å². The highest BCUT2D eigenvalue weighted by Crippen LogP contribution is 2.22. The van der Waals surface area contributed by atoms with E-state index in [0.717, 1.165) is 36.4 Å². The number of benzene rings is 1. The van der Waals surface area contributed by atoms with Gasteiger partial charge in [-0.05, 0) is 49.3 Å². The Hall–Kier alpha value is -2.41. The highest BCUT2D eigenvalue weighted by Gasteiger charge is 2.25. The summed E-state index contributed by atoms with van der Waals surface area (Å²) >= 11 is 1.43. The summed E-state index contributed by atoms with van der Waals surface area (Å²) in [6.07, 6.45) is 3.49. The lowest BCUT2D eigenvalue weighted by molar-refractivity contribution is -0.124. The Morgan fingerprint density at radius 3 is 2.23 bits per heavy atom. The SMILES string of the molecule is CC(C)C(=O)NC1CCC(NC(=O)c2csc(COc3ccc(C(C)C)cc3)n2)CC1. The lowest BCUT2D eigenvalue weighted by Gasteiger charge is -2.30. The van der Waals surface area contributed by atoms with Gasteiger partial charge in [-0.1, -0.05) is 39.8 Å². The minimum atomic E-state index is -0.140. The molecule has 0 radical (unpaired) electrons. The fraction of sp³-hybridized carbons (Fsp3) is 0.542. The molecule has 168 valence electrons. The summed E-state index contributed by atoms with van der Waals surface area (Å²) in [7, 11) is 0. The monoisotopic (exact) mass is 443 g/mol. The zero-order valence-electron chi connectivity index (χ0n) is 18.8. The fourth-order valence-corrected chi connectivity index (χ4v) is 4.27. The molecule has 1 aliphatic carbocycles. The van der Waals surface area contributed by atoms with Crippen molar-refractivity contribution in [2.75, 3.05) is 0 Å². The first kappa shape index (κ1) is 23.3. The Kier molecular flexibility index (Phi) is 8.07. The van der Waals surface area contributed by atoms with Crippen molar-refractivity contribution in [2.45, 2.75) is 78.0 Å². The standard InChI is InChI=1S/C24H33N3O3S/c1-15(2)17-5-11-20(12-6-17)30-13-22-27-21(14-31-22)24(29)26-19-9-7-18(8-10-19)25-23(28)16(3)4/h5-6,11-12,14-16,18-19H,7-10,13H2,1-4H3,(H,25,28)(H,26,29). The molecule has 0 aliphatic heterocycles. The van der Waals surface area contributed by atoms with Crippen LogP contribution in [0.5, 0.6) is 5.75 Å². The zero-order valence-corrected chi connectivity index (χ0v) is 19.6. The summed E-state index contributed by atoms with van der Waals surface area (Å²) in [5.41, 5.74) is 1.71. The minimum absolute atomic E-state index is 0.000307. The molecule has 1 aliphatic rings. The van der Waals surface area contributed by atoms with E-state index < -0.39 is 0 Å². The lowest BCUT2D eigenvalue weighted by Crippen LogP contribution is -2.44. The van der Waals surface area contributed by atoms with Gasteiger partial charge in [0.1, 0.15) is 23.1 Å². The van der Waals surface area contributed by atoms with Crippen LogP contribution >= 0.6 is 11.3 Å². The molecule has 0 atom stereocenters. The number of carbonyl (C=O) groups is 2. The third-order valence-electron chi connectivity index (χ3n) is 5.63. The number of carbonyl (C=O) groups excluding carboxylic acids is 2. The molecule has 1 saturated carbocycles. The summed E-state index contributed by atoms with van der Waals surface area (Å²) < 4.78 is 5.81. The number of hydrogen-bond acceptors (Lipinski definition) is 5. The maximum atomic E-state index is 12.6. The van der Waals surface area contributed by atoms with Crippen molar-refractivity contribution in [2.24, 2.45) is 5.92 Å². The van der Waals surface area contributed by atoms with Crippen LogP contribution < -0.4 is 15.4 Å². The van der Waals surface area contributed by atoms with Crippen molar-refractivity contribution in [3.8, 4) is 5.75 Å². The third-order valence-corrected chi connectivity index (χ3v) is 6.45. The van der Waals surface area contributed by atoms with Crippen LogP contribution in [0, 0.1) is 5.92 Å². The molecule has 3 rings (SSSR count). The summed E-state index contributed by atoms with van der Waals surface area (Å²) in [6.45, 7) is 8.47. The number of nitrogens with zero attached hydrogens (tertiary/aromatic N) is 1. The molecule has 2 amide bonds. The van der Waals surface area contributed by atoms with E-state index in [1.54, 1.807) is 5.38 Å². The normalized spacial score (nSPS) is 18.8. The molecular formula is C24H33N3O3S. The number of nitrogens with one attached hydrogen (secondary N) is 2. The van der Waals surface area contributed by atoms with Gasteiger partial charge in [-0.2, -0.15) is 0 Å². The molecule has 0 bridgehead atoms. The van der Waals surface area contributed by atoms with Crippen LogP contribution in [0.3, 0.4) is 0 Å². The second kappa shape index (κ2) is 10.8. The molecule has 1 aromatic heterocycles. The quantitative estimate of drug-likeness (QED) is 0.622. The highest BCUT2D eigenvalue weighted by atomic mass is 32.1. The van der Waals surface area contributed by atoms with E-state index in [-0.39, 0.29) is 29.8 Å². The van der Waals surface area contributed by atoms with E-state index in [4.69, 9.17) is 4.74 Å². The second-order valence-electron chi connectivity index (χ2n) is 8.82. The number of ether oxygens (including phenoxy) is 1. The molecule has 6 nitrogen and oxygen atoms in total. The zero-order chi connectivity index (χ0) is 22.4. The first-order chi connectivity index (χ1) is 14.8. The van der Waals surface area contributed by atoms with Crippen LogP contribution in [0.1, 0.15) is 80.4 Å². The van der Waals surface area contributed by atoms with E-state index in [1.165, 1.54) is 16.9 Å². The van der Waals surface area contributed by atoms with Gasteiger partial charge >= 0.3 is 0 Å². The molecule has 1 heterocycles. The topological polar surface area (TPSA) is 80.3 Å². The Morgan fingerprint density at radius 1 is 1.03 bits per heavy atom. The predicted molar refractivity (Wildman–Crippen MR) is 123 cm³/mol. The third kappa shape index (κ3) is 6.79. The van der Waals surface area contributed by atoms with Crippen molar-refractivity contribution in [3.63, 3.8) is 0 Å². The van der Waals surface area contributed by atoms with Crippen molar-refractivity contribution >= 4 is 23.2 Å². The van der Waals surface area contributed by atoms with Gasteiger partial charge in [0.2, 0.25) is 5.91 Å². The van der Waals surface area contributed by atoms with Crippen molar-refractivity contribution in [1.82, 2.24) is 15.6 Å². The van der Waals surface area contributed by atoms with Gasteiger partial charge in [-0.25, -0.2) is 4.98 Å². The van der Waals surface area contributed by atoms with Gasteiger partial charge in [-0.3, -0.25) is 9.59 Å². The van der Waals surface area contributed by atoms with Crippen molar-refractivity contribution < 1.29 is 14.3 Å². The maximum Gasteiger partial charge on any atom is 0.270 e. The van der Waals surface area contributed by atoms with Crippen molar-refractivity contribution in [3.05, 3.63) is 45.9 Å². The Balaban J connectivity index is 1.43. The molecule has 0 saturated heterocycles. The van der Waals surface area contributed by atoms with Gasteiger partial charge in [0.25, 0.3) is 5.91 Å². The van der Waals surface area contributed by atoms with E-state index >= 15 is 0 Å². The number of aromatic nitrogens is 1. The Bertz CT molecular complexity index is 868. The van der Waals surface area contributed by atoms with Crippen LogP contribution in [0.2, 0.25) is 0 Å². The molecule has 1 fully saturated rings. The predicted octanol–water partition coefficient (Wildman–Crippen LogP) is 4.66. The van der Waals surface area contributed by atoms with Crippen LogP contribution in [0.4, 0.5) is 0 Å². The molecule has 2 N–H and O–H groups in total. The van der Waals surface area contributed by atoms with Crippen LogP contribution in [-0.2, 0) is 11.4 Å². The molecular weight excluding hydrogens is 410 g/mol. The van der Waals surface area contributed by atoms with E-state index in [1.807, 2.05) is 26.0 Å². The first-order valence-electron chi connectivity index (χ1n) is 11.1. The Morgan fingerprint density at radius 2 is 1.65 bits per heavy atom. The van der Waals surface area contributed by atoms with Gasteiger partial charge in [0.05, 0.1) is 0 Å². The van der Waals surface area contributed by atoms with Crippen LogP contribution in [-0.4, -0.2) is 28.9 Å². The molecule has 1 aromatic carbocycles. The number of amides is 2. The molecule has 31 heavy (non-hydrogen) atoms. The smallest absolute Gasteiger partial charge is 0.270 e. The summed E-state index contributed by atoms with van der Waals surface area (Å²) in [5.74, 6) is 1.24. The summed E-state index contributed by atoms with van der Waals surface area (Å²) in [4.78, 5) is 28.9. The Labute approximate surface area is 188 Å². The second-order valence-corrected chi connectivity index (χ2v) is 9.77. The average Bonchev–Trinajstić information content (AvgIpc) is 3.23. The molecule has 7 heteroatoms.